The number of hydrogen-bond acceptors (Lipinski definition) is 4. The van der Waals surface area contributed by atoms with Crippen molar-refractivity contribution in [3.8, 4) is 0 Å². The highest BCUT2D eigenvalue weighted by Crippen LogP contribution is 2.35. The van der Waals surface area contributed by atoms with Gasteiger partial charge in [-0.3, -0.25) is 4.98 Å². The van der Waals surface area contributed by atoms with Crippen LogP contribution in [0.5, 0.6) is 0 Å². The second-order valence-corrected chi connectivity index (χ2v) is 6.68. The van der Waals surface area contributed by atoms with Crippen molar-refractivity contribution in [2.24, 2.45) is 5.41 Å². The van der Waals surface area contributed by atoms with E-state index >= 15 is 0 Å². The van der Waals surface area contributed by atoms with E-state index in [4.69, 9.17) is 4.98 Å². The molecule has 3 rings (SSSR count). The molecule has 1 saturated heterocycles. The molecule has 0 radical (unpaired) electrons. The normalized spacial score (nSPS) is 22.0. The summed E-state index contributed by atoms with van der Waals surface area (Å²) in [6, 6.07) is 0.723. The van der Waals surface area contributed by atoms with Gasteiger partial charge in [0.05, 0.1) is 11.9 Å². The number of nitrogens with one attached hydrogen (secondary N) is 1. The summed E-state index contributed by atoms with van der Waals surface area (Å²) >= 11 is 0. The molecular weight excluding hydrogens is 248 g/mol. The summed E-state index contributed by atoms with van der Waals surface area (Å²) in [6.45, 7) is 7.79. The van der Waals surface area contributed by atoms with Crippen LogP contribution in [0.1, 0.15) is 51.6 Å². The van der Waals surface area contributed by atoms with Crippen molar-refractivity contribution in [1.82, 2.24) is 15.3 Å². The smallest absolute Gasteiger partial charge is 0.147 e. The highest BCUT2D eigenvalue weighted by Gasteiger charge is 2.29. The second kappa shape index (κ2) is 5.68. The molecule has 2 aliphatic rings. The minimum atomic E-state index is 0.523. The predicted molar refractivity (Wildman–Crippen MR) is 81.7 cm³/mol. The summed E-state index contributed by atoms with van der Waals surface area (Å²) in [5.74, 6) is 1.05. The van der Waals surface area contributed by atoms with Gasteiger partial charge in [-0.25, -0.2) is 4.98 Å². The fourth-order valence-electron chi connectivity index (χ4n) is 2.80. The lowest BCUT2D eigenvalue weighted by Crippen LogP contribution is -2.39. The van der Waals surface area contributed by atoms with Gasteiger partial charge in [0, 0.05) is 31.9 Å². The molecule has 110 valence electrons. The van der Waals surface area contributed by atoms with Gasteiger partial charge in [0.25, 0.3) is 0 Å². The van der Waals surface area contributed by atoms with Crippen LogP contribution < -0.4 is 10.2 Å². The molecule has 20 heavy (non-hydrogen) atoms. The Morgan fingerprint density at radius 3 is 2.70 bits per heavy atom. The van der Waals surface area contributed by atoms with Crippen LogP contribution in [0.3, 0.4) is 0 Å². The molecule has 2 fully saturated rings. The number of rotatable bonds is 5. The van der Waals surface area contributed by atoms with Crippen LogP contribution in [-0.2, 0) is 6.54 Å². The third-order valence-corrected chi connectivity index (χ3v) is 4.97. The molecule has 0 amide bonds. The minimum Gasteiger partial charge on any atom is -0.355 e. The van der Waals surface area contributed by atoms with Crippen molar-refractivity contribution in [3.63, 3.8) is 0 Å². The Balaban J connectivity index is 1.60. The van der Waals surface area contributed by atoms with Crippen molar-refractivity contribution in [1.29, 1.82) is 0 Å². The van der Waals surface area contributed by atoms with E-state index in [9.17, 15) is 0 Å². The molecule has 1 aromatic rings. The van der Waals surface area contributed by atoms with Gasteiger partial charge >= 0.3 is 0 Å². The highest BCUT2D eigenvalue weighted by atomic mass is 15.2. The first kappa shape index (κ1) is 13.8. The maximum atomic E-state index is 4.77. The Bertz CT molecular complexity index is 448. The molecule has 0 bridgehead atoms. The molecule has 1 aliphatic heterocycles. The van der Waals surface area contributed by atoms with Gasteiger partial charge < -0.3 is 10.2 Å². The van der Waals surface area contributed by atoms with E-state index in [2.05, 4.69) is 29.0 Å². The van der Waals surface area contributed by atoms with Gasteiger partial charge in [-0.05, 0) is 31.1 Å². The van der Waals surface area contributed by atoms with Crippen LogP contribution in [0.15, 0.2) is 12.4 Å². The largest absolute Gasteiger partial charge is 0.355 e. The molecule has 0 spiro atoms. The van der Waals surface area contributed by atoms with Gasteiger partial charge in [0.15, 0.2) is 0 Å². The van der Waals surface area contributed by atoms with Crippen molar-refractivity contribution in [2.45, 2.75) is 58.5 Å². The van der Waals surface area contributed by atoms with Crippen LogP contribution in [0.4, 0.5) is 5.82 Å². The highest BCUT2D eigenvalue weighted by molar-refractivity contribution is 5.37. The van der Waals surface area contributed by atoms with E-state index in [0.717, 1.165) is 37.2 Å². The Morgan fingerprint density at radius 2 is 2.05 bits per heavy atom. The van der Waals surface area contributed by atoms with Crippen molar-refractivity contribution < 1.29 is 0 Å². The lowest BCUT2D eigenvalue weighted by atomic mass is 9.78. The van der Waals surface area contributed by atoms with E-state index in [-0.39, 0.29) is 0 Å². The summed E-state index contributed by atoms with van der Waals surface area (Å²) in [6.07, 6.45) is 10.2. The Labute approximate surface area is 122 Å². The van der Waals surface area contributed by atoms with Crippen LogP contribution >= 0.6 is 0 Å². The lowest BCUT2D eigenvalue weighted by Gasteiger charge is -2.39. The van der Waals surface area contributed by atoms with E-state index in [1.807, 2.05) is 12.4 Å². The zero-order valence-electron chi connectivity index (χ0n) is 12.7. The predicted octanol–water partition coefficient (Wildman–Crippen LogP) is 2.75. The summed E-state index contributed by atoms with van der Waals surface area (Å²) in [5.41, 5.74) is 1.59. The van der Waals surface area contributed by atoms with E-state index < -0.39 is 0 Å². The SMILES string of the molecule is CCC1(C)CCN(c2cncc(CNC3CC3)n2)CC1. The average Bonchev–Trinajstić information content (AvgIpc) is 3.30. The first-order valence-corrected chi connectivity index (χ1v) is 7.98. The zero-order chi connectivity index (χ0) is 14.0. The maximum absolute atomic E-state index is 4.77. The molecular formula is C16H26N4. The number of anilines is 1. The van der Waals surface area contributed by atoms with Gasteiger partial charge in [0.2, 0.25) is 0 Å². The van der Waals surface area contributed by atoms with E-state index in [0.29, 0.717) is 5.41 Å². The maximum Gasteiger partial charge on any atom is 0.147 e. The molecule has 0 atom stereocenters. The number of nitrogens with zero attached hydrogens (tertiary/aromatic N) is 3. The molecule has 1 aliphatic carbocycles. The summed E-state index contributed by atoms with van der Waals surface area (Å²) in [7, 11) is 0. The Hall–Kier alpha value is -1.16. The first-order chi connectivity index (χ1) is 9.68. The van der Waals surface area contributed by atoms with E-state index in [1.165, 1.54) is 32.1 Å². The molecule has 4 heteroatoms. The third kappa shape index (κ3) is 3.29. The van der Waals surface area contributed by atoms with Crippen molar-refractivity contribution >= 4 is 5.82 Å². The quantitative estimate of drug-likeness (QED) is 0.896. The molecule has 1 aromatic heterocycles. The van der Waals surface area contributed by atoms with Gasteiger partial charge in [0.1, 0.15) is 5.82 Å². The Kier molecular flexibility index (Phi) is 3.92. The first-order valence-electron chi connectivity index (χ1n) is 7.98. The fourth-order valence-corrected chi connectivity index (χ4v) is 2.80. The minimum absolute atomic E-state index is 0.523. The standard InChI is InChI=1S/C16H26N4/c1-3-16(2)6-8-20(9-7-16)15-12-17-10-14(19-15)11-18-13-4-5-13/h10,12-13,18H,3-9,11H2,1-2H3. The number of piperidine rings is 1. The average molecular weight is 274 g/mol. The lowest BCUT2D eigenvalue weighted by molar-refractivity contribution is 0.237. The van der Waals surface area contributed by atoms with Crippen molar-refractivity contribution in [2.75, 3.05) is 18.0 Å². The second-order valence-electron chi connectivity index (χ2n) is 6.68. The number of hydrogen-bond donors (Lipinski definition) is 1. The summed E-state index contributed by atoms with van der Waals surface area (Å²) < 4.78 is 0. The molecule has 2 heterocycles. The van der Waals surface area contributed by atoms with E-state index in [1.54, 1.807) is 0 Å². The van der Waals surface area contributed by atoms with Crippen LogP contribution in [0.2, 0.25) is 0 Å². The molecule has 4 nitrogen and oxygen atoms in total. The molecule has 0 aromatic carbocycles. The zero-order valence-corrected chi connectivity index (χ0v) is 12.7. The van der Waals surface area contributed by atoms with Crippen LogP contribution in [-0.4, -0.2) is 29.1 Å². The van der Waals surface area contributed by atoms with Gasteiger partial charge in [-0.15, -0.1) is 0 Å². The van der Waals surface area contributed by atoms with Gasteiger partial charge in [-0.2, -0.15) is 0 Å². The molecule has 1 N–H and O–H groups in total. The van der Waals surface area contributed by atoms with Crippen LogP contribution in [0.25, 0.3) is 0 Å². The number of aromatic nitrogens is 2. The fraction of sp³-hybridized carbons (Fsp3) is 0.750. The monoisotopic (exact) mass is 274 g/mol. The summed E-state index contributed by atoms with van der Waals surface area (Å²) in [4.78, 5) is 11.5. The van der Waals surface area contributed by atoms with Crippen molar-refractivity contribution in [3.05, 3.63) is 18.1 Å². The summed E-state index contributed by atoms with van der Waals surface area (Å²) in [5, 5.41) is 3.50. The van der Waals surface area contributed by atoms with Gasteiger partial charge in [-0.1, -0.05) is 20.3 Å². The third-order valence-electron chi connectivity index (χ3n) is 4.97. The Morgan fingerprint density at radius 1 is 1.30 bits per heavy atom. The topological polar surface area (TPSA) is 41.1 Å². The molecule has 1 saturated carbocycles. The van der Waals surface area contributed by atoms with Crippen LogP contribution in [0, 0.1) is 5.41 Å². The molecule has 0 unspecified atom stereocenters.